The molecule has 1 rings (SSSR count). The summed E-state index contributed by atoms with van der Waals surface area (Å²) in [6, 6.07) is 0.647. The quantitative estimate of drug-likeness (QED) is 0.735. The van der Waals surface area contributed by atoms with Gasteiger partial charge in [0.2, 0.25) is 10.0 Å². The highest BCUT2D eigenvalue weighted by Crippen LogP contribution is 2.22. The summed E-state index contributed by atoms with van der Waals surface area (Å²) in [6.45, 7) is 10.8. The molecule has 132 valence electrons. The summed E-state index contributed by atoms with van der Waals surface area (Å²) in [6.07, 6.45) is 3.19. The topological polar surface area (TPSA) is 52.7 Å². The van der Waals surface area contributed by atoms with Gasteiger partial charge < -0.3 is 4.90 Å². The van der Waals surface area contributed by atoms with Crippen molar-refractivity contribution < 1.29 is 8.42 Å². The van der Waals surface area contributed by atoms with Gasteiger partial charge in [-0.3, -0.25) is 4.90 Å². The Balaban J connectivity index is 2.51. The highest BCUT2D eigenvalue weighted by atomic mass is 32.2. The molecule has 6 heteroatoms. The van der Waals surface area contributed by atoms with Crippen LogP contribution in [0.3, 0.4) is 0 Å². The van der Waals surface area contributed by atoms with E-state index in [1.54, 1.807) is 0 Å². The minimum Gasteiger partial charge on any atom is -0.306 e. The van der Waals surface area contributed by atoms with Gasteiger partial charge in [0.05, 0.1) is 5.75 Å². The van der Waals surface area contributed by atoms with Gasteiger partial charge in [0.15, 0.2) is 0 Å². The lowest BCUT2D eigenvalue weighted by molar-refractivity contribution is 0.0649. The first-order chi connectivity index (χ1) is 10.1. The minimum absolute atomic E-state index is 0.139. The summed E-state index contributed by atoms with van der Waals surface area (Å²) in [4.78, 5) is 4.71. The third-order valence-corrected chi connectivity index (χ3v) is 6.57. The van der Waals surface area contributed by atoms with Crippen LogP contribution in [0.25, 0.3) is 0 Å². The zero-order chi connectivity index (χ0) is 17.0. The number of nitrogens with one attached hydrogen (secondary N) is 1. The van der Waals surface area contributed by atoms with Gasteiger partial charge in [-0.2, -0.15) is 0 Å². The van der Waals surface area contributed by atoms with Crippen LogP contribution >= 0.6 is 0 Å². The van der Waals surface area contributed by atoms with E-state index in [9.17, 15) is 8.42 Å². The second-order valence-corrected chi connectivity index (χ2v) is 9.46. The van der Waals surface area contributed by atoms with Gasteiger partial charge >= 0.3 is 0 Å². The monoisotopic (exact) mass is 333 g/mol. The molecular weight excluding hydrogens is 298 g/mol. The van der Waals surface area contributed by atoms with Crippen molar-refractivity contribution in [1.82, 2.24) is 14.5 Å². The van der Waals surface area contributed by atoms with E-state index in [1.165, 1.54) is 0 Å². The lowest BCUT2D eigenvalue weighted by Crippen LogP contribution is -2.56. The van der Waals surface area contributed by atoms with Crippen molar-refractivity contribution in [3.63, 3.8) is 0 Å². The summed E-state index contributed by atoms with van der Waals surface area (Å²) in [7, 11) is 1.09. The highest BCUT2D eigenvalue weighted by molar-refractivity contribution is 7.89. The van der Waals surface area contributed by atoms with Gasteiger partial charge in [-0.15, -0.1) is 0 Å². The van der Waals surface area contributed by atoms with Gasteiger partial charge in [-0.05, 0) is 46.7 Å². The van der Waals surface area contributed by atoms with Crippen LogP contribution in [0.5, 0.6) is 0 Å². The first-order valence-electron chi connectivity index (χ1n) is 8.46. The maximum absolute atomic E-state index is 12.1. The number of hydrogen-bond acceptors (Lipinski definition) is 4. The van der Waals surface area contributed by atoms with E-state index in [1.807, 2.05) is 13.8 Å². The number of hydrogen-bond donors (Lipinski definition) is 1. The molecule has 22 heavy (non-hydrogen) atoms. The van der Waals surface area contributed by atoms with Crippen molar-refractivity contribution in [2.24, 2.45) is 5.92 Å². The molecule has 1 fully saturated rings. The van der Waals surface area contributed by atoms with Gasteiger partial charge in [0, 0.05) is 31.2 Å². The molecule has 1 aliphatic heterocycles. The summed E-state index contributed by atoms with van der Waals surface area (Å²) < 4.78 is 27.1. The lowest BCUT2D eigenvalue weighted by atomic mass is 9.96. The fourth-order valence-electron chi connectivity index (χ4n) is 2.94. The van der Waals surface area contributed by atoms with Crippen molar-refractivity contribution in [3.05, 3.63) is 0 Å². The molecule has 1 heterocycles. The van der Waals surface area contributed by atoms with Crippen LogP contribution in [-0.2, 0) is 10.0 Å². The van der Waals surface area contributed by atoms with E-state index in [2.05, 4.69) is 42.5 Å². The highest BCUT2D eigenvalue weighted by Gasteiger charge is 2.32. The zero-order valence-corrected chi connectivity index (χ0v) is 16.0. The van der Waals surface area contributed by atoms with Crippen LogP contribution in [0.2, 0.25) is 0 Å². The summed E-state index contributed by atoms with van der Waals surface area (Å²) >= 11 is 0. The minimum atomic E-state index is -3.17. The Morgan fingerprint density at radius 2 is 1.82 bits per heavy atom. The van der Waals surface area contributed by atoms with Crippen LogP contribution in [0.4, 0.5) is 0 Å². The van der Waals surface area contributed by atoms with E-state index in [-0.39, 0.29) is 17.2 Å². The molecule has 1 unspecified atom stereocenters. The maximum atomic E-state index is 12.1. The number of likely N-dealkylation sites (tertiary alicyclic amines) is 1. The van der Waals surface area contributed by atoms with Crippen molar-refractivity contribution in [1.29, 1.82) is 0 Å². The third kappa shape index (κ3) is 6.14. The van der Waals surface area contributed by atoms with Crippen LogP contribution < -0.4 is 4.72 Å². The van der Waals surface area contributed by atoms with Gasteiger partial charge in [-0.1, -0.05) is 20.3 Å². The molecule has 0 bridgehead atoms. The van der Waals surface area contributed by atoms with Crippen molar-refractivity contribution in [2.45, 2.75) is 58.5 Å². The van der Waals surface area contributed by atoms with E-state index in [0.717, 1.165) is 32.4 Å². The Kier molecular flexibility index (Phi) is 7.30. The Bertz CT molecular complexity index is 427. The van der Waals surface area contributed by atoms with E-state index >= 15 is 0 Å². The predicted octanol–water partition coefficient (Wildman–Crippen LogP) is 1.76. The molecule has 1 N–H and O–H groups in total. The van der Waals surface area contributed by atoms with Crippen LogP contribution in [-0.4, -0.2) is 69.3 Å². The predicted molar refractivity (Wildman–Crippen MR) is 93.6 cm³/mol. The standard InChI is InChI=1S/C16H35N3O2S/c1-7-14(2)12-22(20,21)17-13-16(3,4)19-10-8-15(9-11-19)18(5)6/h14-15,17H,7-13H2,1-6H3. The molecule has 0 aromatic heterocycles. The van der Waals surface area contributed by atoms with Gasteiger partial charge in [0.25, 0.3) is 0 Å². The Hall–Kier alpha value is -0.170. The number of rotatable bonds is 8. The van der Waals surface area contributed by atoms with Gasteiger partial charge in [-0.25, -0.2) is 13.1 Å². The number of nitrogens with zero attached hydrogens (tertiary/aromatic N) is 2. The normalized spacial score (nSPS) is 20.5. The molecule has 1 saturated heterocycles. The molecule has 0 aromatic rings. The molecule has 0 radical (unpaired) electrons. The van der Waals surface area contributed by atoms with Gasteiger partial charge in [0.1, 0.15) is 0 Å². The Labute approximate surface area is 137 Å². The number of piperidine rings is 1. The second-order valence-electron chi connectivity index (χ2n) is 7.61. The summed E-state index contributed by atoms with van der Waals surface area (Å²) in [5.41, 5.74) is -0.139. The van der Waals surface area contributed by atoms with Crippen molar-refractivity contribution in [3.8, 4) is 0 Å². The van der Waals surface area contributed by atoms with Crippen LogP contribution in [0.1, 0.15) is 47.0 Å². The maximum Gasteiger partial charge on any atom is 0.211 e. The summed E-state index contributed by atoms with van der Waals surface area (Å²) in [5, 5.41) is 0. The molecule has 0 saturated carbocycles. The van der Waals surface area contributed by atoms with Crippen molar-refractivity contribution >= 4 is 10.0 Å². The average Bonchev–Trinajstić information content (AvgIpc) is 2.45. The van der Waals surface area contributed by atoms with E-state index in [4.69, 9.17) is 0 Å². The van der Waals surface area contributed by atoms with Crippen molar-refractivity contribution in [2.75, 3.05) is 39.5 Å². The molecule has 1 atom stereocenters. The van der Waals surface area contributed by atoms with Crippen LogP contribution in [0.15, 0.2) is 0 Å². The largest absolute Gasteiger partial charge is 0.306 e. The van der Waals surface area contributed by atoms with E-state index in [0.29, 0.717) is 12.6 Å². The molecular formula is C16H35N3O2S. The SMILES string of the molecule is CCC(C)CS(=O)(=O)NCC(C)(C)N1CCC(N(C)C)CC1. The van der Waals surface area contributed by atoms with E-state index < -0.39 is 10.0 Å². The lowest BCUT2D eigenvalue weighted by Gasteiger charge is -2.44. The average molecular weight is 334 g/mol. The Morgan fingerprint density at radius 3 is 2.27 bits per heavy atom. The molecule has 0 amide bonds. The molecule has 0 aliphatic carbocycles. The fourth-order valence-corrected chi connectivity index (χ4v) is 4.61. The molecule has 0 aromatic carbocycles. The first-order valence-corrected chi connectivity index (χ1v) is 10.1. The molecule has 1 aliphatic rings. The fraction of sp³-hybridized carbons (Fsp3) is 1.00. The second kappa shape index (κ2) is 8.08. The summed E-state index contributed by atoms with van der Waals surface area (Å²) in [5.74, 6) is 0.430. The Morgan fingerprint density at radius 1 is 1.27 bits per heavy atom. The number of sulfonamides is 1. The molecule has 0 spiro atoms. The van der Waals surface area contributed by atoms with Crippen LogP contribution in [0, 0.1) is 5.92 Å². The third-order valence-electron chi connectivity index (χ3n) is 4.98. The zero-order valence-electron chi connectivity index (χ0n) is 15.2. The smallest absolute Gasteiger partial charge is 0.211 e. The molecule has 5 nitrogen and oxygen atoms in total. The first kappa shape index (κ1) is 19.9.